The molecule has 1 amide bonds. The summed E-state index contributed by atoms with van der Waals surface area (Å²) in [7, 11) is 1.44. The van der Waals surface area contributed by atoms with Gasteiger partial charge in [-0.15, -0.1) is 0 Å². The van der Waals surface area contributed by atoms with E-state index in [4.69, 9.17) is 19.3 Å². The third-order valence-electron chi connectivity index (χ3n) is 3.43. The number of nitrogens with zero attached hydrogens (tertiary/aromatic N) is 1. The molecule has 2 N–H and O–H groups in total. The third-order valence-corrected chi connectivity index (χ3v) is 3.95. The van der Waals surface area contributed by atoms with Gasteiger partial charge in [-0.25, -0.2) is 10.2 Å². The Labute approximate surface area is 170 Å². The number of amides is 1. The number of rotatable bonds is 9. The number of hydrazone groups is 1. The highest BCUT2D eigenvalue weighted by atomic mass is 79.9. The van der Waals surface area contributed by atoms with Crippen LogP contribution in [0.2, 0.25) is 0 Å². The van der Waals surface area contributed by atoms with Crippen LogP contribution in [0.5, 0.6) is 17.2 Å². The monoisotopic (exact) mass is 450 g/mol. The quantitative estimate of drug-likeness (QED) is 0.449. The van der Waals surface area contributed by atoms with E-state index in [1.807, 2.05) is 12.1 Å². The van der Waals surface area contributed by atoms with Crippen molar-refractivity contribution in [2.75, 3.05) is 13.7 Å². The topological polar surface area (TPSA) is 106 Å². The largest absolute Gasteiger partial charge is 0.493 e. The van der Waals surface area contributed by atoms with Crippen molar-refractivity contribution in [3.8, 4) is 17.2 Å². The van der Waals surface area contributed by atoms with Crippen LogP contribution in [-0.2, 0) is 9.59 Å². The summed E-state index contributed by atoms with van der Waals surface area (Å²) in [4.78, 5) is 22.7. The zero-order valence-electron chi connectivity index (χ0n) is 15.2. The highest BCUT2D eigenvalue weighted by Crippen LogP contribution is 2.28. The lowest BCUT2D eigenvalue weighted by Crippen LogP contribution is -2.24. The van der Waals surface area contributed by atoms with Crippen LogP contribution >= 0.6 is 15.9 Å². The van der Waals surface area contributed by atoms with Crippen molar-refractivity contribution in [2.45, 2.75) is 13.0 Å². The number of benzene rings is 2. The first kappa shape index (κ1) is 21.2. The molecule has 0 aliphatic heterocycles. The van der Waals surface area contributed by atoms with Crippen LogP contribution < -0.4 is 19.6 Å². The van der Waals surface area contributed by atoms with Gasteiger partial charge in [-0.3, -0.25) is 4.79 Å². The van der Waals surface area contributed by atoms with Gasteiger partial charge in [0, 0.05) is 4.47 Å². The molecular formula is C19H19BrN2O6. The van der Waals surface area contributed by atoms with Gasteiger partial charge < -0.3 is 19.3 Å². The number of carbonyl (C=O) groups excluding carboxylic acids is 1. The molecule has 0 aliphatic rings. The summed E-state index contributed by atoms with van der Waals surface area (Å²) in [6, 6.07) is 11.9. The van der Waals surface area contributed by atoms with Crippen molar-refractivity contribution in [2.24, 2.45) is 5.10 Å². The van der Waals surface area contributed by atoms with Crippen LogP contribution in [0.4, 0.5) is 0 Å². The first-order chi connectivity index (χ1) is 13.4. The second-order valence-corrected chi connectivity index (χ2v) is 6.46. The number of hydrogen-bond donors (Lipinski definition) is 2. The van der Waals surface area contributed by atoms with E-state index in [2.05, 4.69) is 26.5 Å². The Hall–Kier alpha value is -3.07. The molecule has 0 bridgehead atoms. The van der Waals surface area contributed by atoms with E-state index in [0.717, 1.165) is 4.47 Å². The number of ether oxygens (including phenoxy) is 3. The van der Waals surface area contributed by atoms with Crippen molar-refractivity contribution in [3.05, 3.63) is 52.5 Å². The summed E-state index contributed by atoms with van der Waals surface area (Å²) in [5, 5.41) is 12.8. The number of hydrogen-bond acceptors (Lipinski definition) is 6. The molecule has 0 saturated carbocycles. The van der Waals surface area contributed by atoms with Gasteiger partial charge in [0.1, 0.15) is 5.75 Å². The molecule has 2 aromatic rings. The van der Waals surface area contributed by atoms with Gasteiger partial charge in [0.15, 0.2) is 24.2 Å². The average molecular weight is 451 g/mol. The van der Waals surface area contributed by atoms with E-state index in [1.54, 1.807) is 30.3 Å². The molecular weight excluding hydrogens is 432 g/mol. The van der Waals surface area contributed by atoms with Crippen molar-refractivity contribution in [3.63, 3.8) is 0 Å². The molecule has 0 radical (unpaired) electrons. The Morgan fingerprint density at radius 1 is 1.21 bits per heavy atom. The van der Waals surface area contributed by atoms with E-state index in [9.17, 15) is 9.59 Å². The van der Waals surface area contributed by atoms with Crippen molar-refractivity contribution in [1.29, 1.82) is 0 Å². The number of carbonyl (C=O) groups is 2. The number of carboxylic acid groups (broad SMARTS) is 1. The first-order valence-corrected chi connectivity index (χ1v) is 8.96. The summed E-state index contributed by atoms with van der Waals surface area (Å²) >= 11 is 3.32. The SMILES string of the molecule is COc1cc(/C=N\NC(=O)COc2ccc(Br)cc2)ccc1O[C@H](C)C(=O)O. The summed E-state index contributed by atoms with van der Waals surface area (Å²) < 4.78 is 16.8. The minimum atomic E-state index is -1.08. The van der Waals surface area contributed by atoms with E-state index in [0.29, 0.717) is 22.8 Å². The van der Waals surface area contributed by atoms with Gasteiger partial charge in [-0.1, -0.05) is 15.9 Å². The smallest absolute Gasteiger partial charge is 0.344 e. The predicted octanol–water partition coefficient (Wildman–Crippen LogP) is 2.84. The second-order valence-electron chi connectivity index (χ2n) is 5.54. The molecule has 2 aromatic carbocycles. The fraction of sp³-hybridized carbons (Fsp3) is 0.211. The van der Waals surface area contributed by atoms with E-state index in [-0.39, 0.29) is 6.61 Å². The van der Waals surface area contributed by atoms with Gasteiger partial charge in [0.2, 0.25) is 0 Å². The molecule has 148 valence electrons. The Balaban J connectivity index is 1.89. The summed E-state index contributed by atoms with van der Waals surface area (Å²) in [5.41, 5.74) is 2.98. The van der Waals surface area contributed by atoms with E-state index < -0.39 is 18.0 Å². The number of methoxy groups -OCH3 is 1. The number of halogens is 1. The molecule has 2 rings (SSSR count). The normalized spacial score (nSPS) is 11.7. The van der Waals surface area contributed by atoms with Gasteiger partial charge in [0.05, 0.1) is 13.3 Å². The average Bonchev–Trinajstić information content (AvgIpc) is 2.68. The molecule has 0 aliphatic carbocycles. The fourth-order valence-electron chi connectivity index (χ4n) is 1.99. The van der Waals surface area contributed by atoms with Crippen LogP contribution in [0, 0.1) is 0 Å². The van der Waals surface area contributed by atoms with Crippen molar-refractivity contribution >= 4 is 34.0 Å². The summed E-state index contributed by atoms with van der Waals surface area (Å²) in [6.07, 6.45) is 0.406. The summed E-state index contributed by atoms with van der Waals surface area (Å²) in [5.74, 6) is -0.288. The first-order valence-electron chi connectivity index (χ1n) is 8.17. The Kier molecular flexibility index (Phi) is 7.82. The Bertz CT molecular complexity index is 854. The van der Waals surface area contributed by atoms with Crippen molar-refractivity contribution < 1.29 is 28.9 Å². The van der Waals surface area contributed by atoms with Crippen LogP contribution in [0.25, 0.3) is 0 Å². The summed E-state index contributed by atoms with van der Waals surface area (Å²) in [6.45, 7) is 1.24. The molecule has 0 aromatic heterocycles. The van der Waals surface area contributed by atoms with Crippen LogP contribution in [-0.4, -0.2) is 43.0 Å². The number of carboxylic acids is 1. The van der Waals surface area contributed by atoms with Crippen LogP contribution in [0.15, 0.2) is 52.0 Å². The molecule has 0 heterocycles. The fourth-order valence-corrected chi connectivity index (χ4v) is 2.26. The Morgan fingerprint density at radius 3 is 2.57 bits per heavy atom. The predicted molar refractivity (Wildman–Crippen MR) is 106 cm³/mol. The van der Waals surface area contributed by atoms with Gasteiger partial charge in [-0.05, 0) is 55.0 Å². The number of nitrogens with one attached hydrogen (secondary N) is 1. The molecule has 0 saturated heterocycles. The molecule has 8 nitrogen and oxygen atoms in total. The minimum absolute atomic E-state index is 0.178. The minimum Gasteiger partial charge on any atom is -0.493 e. The second kappa shape index (κ2) is 10.3. The van der Waals surface area contributed by atoms with E-state index >= 15 is 0 Å². The molecule has 28 heavy (non-hydrogen) atoms. The van der Waals surface area contributed by atoms with Gasteiger partial charge >= 0.3 is 5.97 Å². The van der Waals surface area contributed by atoms with Gasteiger partial charge in [0.25, 0.3) is 5.91 Å². The standard InChI is InChI=1S/C19H19BrN2O6/c1-12(19(24)25)28-16-8-3-13(9-17(16)26-2)10-21-22-18(23)11-27-15-6-4-14(20)5-7-15/h3-10,12H,11H2,1-2H3,(H,22,23)(H,24,25)/b21-10-/t12-/m1/s1. The lowest BCUT2D eigenvalue weighted by Gasteiger charge is -2.14. The zero-order chi connectivity index (χ0) is 20.5. The lowest BCUT2D eigenvalue weighted by molar-refractivity contribution is -0.144. The maximum atomic E-state index is 11.8. The molecule has 1 atom stereocenters. The van der Waals surface area contributed by atoms with Gasteiger partial charge in [-0.2, -0.15) is 5.10 Å². The number of aliphatic carboxylic acids is 1. The molecule has 9 heteroatoms. The highest BCUT2D eigenvalue weighted by molar-refractivity contribution is 9.10. The maximum Gasteiger partial charge on any atom is 0.344 e. The molecule has 0 unspecified atom stereocenters. The lowest BCUT2D eigenvalue weighted by atomic mass is 10.2. The molecule has 0 spiro atoms. The maximum absolute atomic E-state index is 11.8. The van der Waals surface area contributed by atoms with E-state index in [1.165, 1.54) is 20.2 Å². The van der Waals surface area contributed by atoms with Crippen molar-refractivity contribution in [1.82, 2.24) is 5.43 Å². The highest BCUT2D eigenvalue weighted by Gasteiger charge is 2.15. The van der Waals surface area contributed by atoms with Crippen LogP contribution in [0.3, 0.4) is 0 Å². The third kappa shape index (κ3) is 6.58. The van der Waals surface area contributed by atoms with Crippen LogP contribution in [0.1, 0.15) is 12.5 Å². The molecule has 0 fully saturated rings. The zero-order valence-corrected chi connectivity index (χ0v) is 16.8. The Morgan fingerprint density at radius 2 is 1.93 bits per heavy atom.